The molecule has 1 aromatic carbocycles. The highest BCUT2D eigenvalue weighted by molar-refractivity contribution is 5.89. The molecule has 2 amide bonds. The quantitative estimate of drug-likeness (QED) is 0.894. The van der Waals surface area contributed by atoms with Crippen LogP contribution in [0.5, 0.6) is 0 Å². The molecular weight excluding hydrogens is 264 g/mol. The molecule has 2 rings (SSSR count). The Kier molecular flexibility index (Phi) is 5.62. The lowest BCUT2D eigenvalue weighted by atomic mass is 10.0. The summed E-state index contributed by atoms with van der Waals surface area (Å²) >= 11 is 0. The molecule has 0 aliphatic carbocycles. The molecule has 21 heavy (non-hydrogen) atoms. The van der Waals surface area contributed by atoms with E-state index in [1.54, 1.807) is 6.92 Å². The van der Waals surface area contributed by atoms with Crippen molar-refractivity contribution < 1.29 is 9.90 Å². The number of likely N-dealkylation sites (tertiary alicyclic amines) is 1. The number of carbonyl (C=O) groups excluding carboxylic acids is 1. The van der Waals surface area contributed by atoms with E-state index in [-0.39, 0.29) is 18.2 Å². The van der Waals surface area contributed by atoms with Crippen molar-refractivity contribution in [1.82, 2.24) is 4.90 Å². The van der Waals surface area contributed by atoms with E-state index in [1.807, 2.05) is 36.1 Å². The minimum Gasteiger partial charge on any atom is -0.393 e. The number of urea groups is 1. The lowest BCUT2D eigenvalue weighted by molar-refractivity contribution is 0.127. The number of nitrogens with zero attached hydrogens (tertiary/aromatic N) is 1. The average Bonchev–Trinajstić information content (AvgIpc) is 2.66. The number of amides is 2. The van der Waals surface area contributed by atoms with Crippen LogP contribution in [-0.2, 0) is 0 Å². The van der Waals surface area contributed by atoms with Crippen LogP contribution in [-0.4, -0.2) is 34.7 Å². The first-order chi connectivity index (χ1) is 10.1. The lowest BCUT2D eigenvalue weighted by Gasteiger charge is -2.31. The largest absolute Gasteiger partial charge is 0.393 e. The predicted octanol–water partition coefficient (Wildman–Crippen LogP) is 3.54. The number of aliphatic hydroxyl groups excluding tert-OH is 1. The van der Waals surface area contributed by atoms with Gasteiger partial charge < -0.3 is 15.3 Å². The summed E-state index contributed by atoms with van der Waals surface area (Å²) in [6.45, 7) is 4.59. The Hall–Kier alpha value is -1.55. The zero-order chi connectivity index (χ0) is 15.2. The van der Waals surface area contributed by atoms with Gasteiger partial charge in [-0.3, -0.25) is 0 Å². The number of benzene rings is 1. The molecule has 1 heterocycles. The second-order valence-corrected chi connectivity index (χ2v) is 6.08. The lowest BCUT2D eigenvalue weighted by Crippen LogP contribution is -2.43. The Morgan fingerprint density at radius 1 is 1.33 bits per heavy atom. The summed E-state index contributed by atoms with van der Waals surface area (Å²) in [7, 11) is 0. The van der Waals surface area contributed by atoms with E-state index >= 15 is 0 Å². The van der Waals surface area contributed by atoms with Crippen LogP contribution in [0.3, 0.4) is 0 Å². The highest BCUT2D eigenvalue weighted by Crippen LogP contribution is 2.22. The van der Waals surface area contributed by atoms with E-state index in [2.05, 4.69) is 5.32 Å². The monoisotopic (exact) mass is 290 g/mol. The van der Waals surface area contributed by atoms with Crippen molar-refractivity contribution in [3.8, 4) is 0 Å². The number of hydrogen-bond donors (Lipinski definition) is 2. The molecule has 1 aliphatic heterocycles. The number of anilines is 1. The number of nitrogens with one attached hydrogen (secondary N) is 1. The summed E-state index contributed by atoms with van der Waals surface area (Å²) in [5.74, 6) is 0. The molecule has 2 atom stereocenters. The van der Waals surface area contributed by atoms with E-state index in [0.717, 1.165) is 37.9 Å². The molecule has 0 aromatic heterocycles. The third kappa shape index (κ3) is 4.74. The molecule has 0 spiro atoms. The molecule has 4 nitrogen and oxygen atoms in total. The van der Waals surface area contributed by atoms with Crippen molar-refractivity contribution in [2.75, 3.05) is 11.9 Å². The van der Waals surface area contributed by atoms with E-state index in [9.17, 15) is 9.90 Å². The number of carbonyl (C=O) groups is 1. The van der Waals surface area contributed by atoms with E-state index in [1.165, 1.54) is 5.56 Å². The van der Waals surface area contributed by atoms with Gasteiger partial charge in [0, 0.05) is 18.3 Å². The van der Waals surface area contributed by atoms with Gasteiger partial charge in [0.2, 0.25) is 0 Å². The van der Waals surface area contributed by atoms with E-state index in [0.29, 0.717) is 6.42 Å². The third-order valence-corrected chi connectivity index (χ3v) is 4.05. The summed E-state index contributed by atoms with van der Waals surface area (Å²) in [4.78, 5) is 14.4. The molecule has 1 saturated heterocycles. The molecule has 2 unspecified atom stereocenters. The van der Waals surface area contributed by atoms with Crippen LogP contribution in [0.4, 0.5) is 10.5 Å². The molecule has 116 valence electrons. The molecule has 0 saturated carbocycles. The van der Waals surface area contributed by atoms with Gasteiger partial charge in [-0.2, -0.15) is 0 Å². The maximum absolute atomic E-state index is 12.5. The second-order valence-electron chi connectivity index (χ2n) is 6.08. The van der Waals surface area contributed by atoms with Gasteiger partial charge in [-0.15, -0.1) is 0 Å². The van der Waals surface area contributed by atoms with Crippen molar-refractivity contribution in [1.29, 1.82) is 0 Å². The van der Waals surface area contributed by atoms with Crippen LogP contribution in [0.1, 0.15) is 44.6 Å². The molecule has 1 aliphatic rings. The van der Waals surface area contributed by atoms with Gasteiger partial charge in [-0.05, 0) is 45.2 Å². The Morgan fingerprint density at radius 3 is 2.71 bits per heavy atom. The van der Waals surface area contributed by atoms with Crippen molar-refractivity contribution >= 4 is 11.7 Å². The molecule has 1 fully saturated rings. The molecule has 0 radical (unpaired) electrons. The minimum absolute atomic E-state index is 0.0496. The molecular formula is C17H26N2O2. The van der Waals surface area contributed by atoms with Gasteiger partial charge in [-0.25, -0.2) is 4.79 Å². The van der Waals surface area contributed by atoms with E-state index < -0.39 is 0 Å². The van der Waals surface area contributed by atoms with Crippen molar-refractivity contribution in [3.05, 3.63) is 29.8 Å². The predicted molar refractivity (Wildman–Crippen MR) is 85.5 cm³/mol. The topological polar surface area (TPSA) is 52.6 Å². The van der Waals surface area contributed by atoms with Crippen molar-refractivity contribution in [2.24, 2.45) is 0 Å². The zero-order valence-electron chi connectivity index (χ0n) is 13.0. The van der Waals surface area contributed by atoms with Crippen LogP contribution in [0, 0.1) is 6.92 Å². The highest BCUT2D eigenvalue weighted by atomic mass is 16.3. The SMILES string of the molecule is Cc1ccc(NC(=O)N2CCCCCC2CC(C)O)cc1. The first kappa shape index (κ1) is 15.8. The summed E-state index contributed by atoms with van der Waals surface area (Å²) in [6.07, 6.45) is 4.59. The molecule has 2 N–H and O–H groups in total. The van der Waals surface area contributed by atoms with E-state index in [4.69, 9.17) is 0 Å². The van der Waals surface area contributed by atoms with Crippen LogP contribution < -0.4 is 5.32 Å². The maximum atomic E-state index is 12.5. The van der Waals surface area contributed by atoms with Crippen LogP contribution in [0.2, 0.25) is 0 Å². The highest BCUT2D eigenvalue weighted by Gasteiger charge is 2.26. The Bertz CT molecular complexity index is 456. The van der Waals surface area contributed by atoms with Crippen LogP contribution >= 0.6 is 0 Å². The Balaban J connectivity index is 2.04. The molecule has 1 aromatic rings. The number of rotatable bonds is 3. The van der Waals surface area contributed by atoms with Gasteiger partial charge in [0.15, 0.2) is 0 Å². The van der Waals surface area contributed by atoms with Gasteiger partial charge in [-0.1, -0.05) is 30.5 Å². The first-order valence-electron chi connectivity index (χ1n) is 7.88. The normalized spacial score (nSPS) is 20.7. The fraction of sp³-hybridized carbons (Fsp3) is 0.588. The van der Waals surface area contributed by atoms with Crippen LogP contribution in [0.25, 0.3) is 0 Å². The van der Waals surface area contributed by atoms with Crippen molar-refractivity contribution in [2.45, 2.75) is 58.1 Å². The van der Waals surface area contributed by atoms with Gasteiger partial charge >= 0.3 is 6.03 Å². The number of aryl methyl sites for hydroxylation is 1. The summed E-state index contributed by atoms with van der Waals surface area (Å²) in [5, 5.41) is 12.6. The Labute approximate surface area is 127 Å². The second kappa shape index (κ2) is 7.46. The fourth-order valence-electron chi connectivity index (χ4n) is 2.92. The standard InChI is InChI=1S/C17H26N2O2/c1-13-7-9-15(10-8-13)18-17(21)19-11-5-3-4-6-16(19)12-14(2)20/h7-10,14,16,20H,3-6,11-12H2,1-2H3,(H,18,21). The fourth-order valence-corrected chi connectivity index (χ4v) is 2.92. The summed E-state index contributed by atoms with van der Waals surface area (Å²) in [5.41, 5.74) is 2.00. The summed E-state index contributed by atoms with van der Waals surface area (Å²) in [6, 6.07) is 7.92. The molecule has 4 heteroatoms. The Morgan fingerprint density at radius 2 is 2.05 bits per heavy atom. The van der Waals surface area contributed by atoms with Gasteiger partial charge in [0.05, 0.1) is 6.10 Å². The number of hydrogen-bond acceptors (Lipinski definition) is 2. The number of aliphatic hydroxyl groups is 1. The maximum Gasteiger partial charge on any atom is 0.322 e. The molecule has 0 bridgehead atoms. The zero-order valence-corrected chi connectivity index (χ0v) is 13.0. The minimum atomic E-state index is -0.372. The first-order valence-corrected chi connectivity index (χ1v) is 7.88. The average molecular weight is 290 g/mol. The van der Waals surface area contributed by atoms with Crippen molar-refractivity contribution in [3.63, 3.8) is 0 Å². The van der Waals surface area contributed by atoms with Gasteiger partial charge in [0.1, 0.15) is 0 Å². The van der Waals surface area contributed by atoms with Crippen LogP contribution in [0.15, 0.2) is 24.3 Å². The summed E-state index contributed by atoms with van der Waals surface area (Å²) < 4.78 is 0. The smallest absolute Gasteiger partial charge is 0.322 e. The third-order valence-electron chi connectivity index (χ3n) is 4.05. The van der Waals surface area contributed by atoms with Gasteiger partial charge in [0.25, 0.3) is 0 Å².